The highest BCUT2D eigenvalue weighted by atomic mass is 16.7. The predicted octanol–water partition coefficient (Wildman–Crippen LogP) is -0.550. The molecule has 1 rings (SSSR count). The van der Waals surface area contributed by atoms with Crippen molar-refractivity contribution in [2.45, 2.75) is 6.42 Å². The number of carboxylic acid groups (broad SMARTS) is 1. The van der Waals surface area contributed by atoms with Crippen LogP contribution in [0.2, 0.25) is 0 Å². The van der Waals surface area contributed by atoms with Gasteiger partial charge in [0.2, 0.25) is 0 Å². The molecule has 4 nitrogen and oxygen atoms in total. The van der Waals surface area contributed by atoms with Crippen molar-refractivity contribution in [1.82, 2.24) is 5.06 Å². The first-order chi connectivity index (χ1) is 5.24. The van der Waals surface area contributed by atoms with E-state index in [1.165, 1.54) is 0 Å². The Labute approximate surface area is 66.5 Å². The van der Waals surface area contributed by atoms with Crippen LogP contribution in [0, 0.1) is 5.92 Å². The minimum Gasteiger partial charge on any atom is -0.481 e. The number of carbonyl (C=O) groups is 1. The van der Waals surface area contributed by atoms with Crippen molar-refractivity contribution in [2.75, 3.05) is 19.6 Å². The summed E-state index contributed by atoms with van der Waals surface area (Å²) in [5.74, 6) is -1.05. The fourth-order valence-corrected chi connectivity index (χ4v) is 1.15. The Bertz CT molecular complexity index is 153. The molecule has 0 aromatic carbocycles. The molecule has 0 aromatic heterocycles. The lowest BCUT2D eigenvalue weighted by Crippen LogP contribution is -2.24. The number of hydrogen-bond acceptors (Lipinski definition) is 3. The van der Waals surface area contributed by atoms with Gasteiger partial charge >= 0.3 is 5.97 Å². The molecule has 0 bridgehead atoms. The van der Waals surface area contributed by atoms with Crippen LogP contribution >= 0.6 is 0 Å². The van der Waals surface area contributed by atoms with E-state index in [0.29, 0.717) is 19.5 Å². The van der Waals surface area contributed by atoms with Crippen LogP contribution in [0.1, 0.15) is 6.42 Å². The van der Waals surface area contributed by atoms with Crippen molar-refractivity contribution in [1.29, 1.82) is 0 Å². The molecule has 0 aromatic rings. The van der Waals surface area contributed by atoms with Crippen molar-refractivity contribution < 1.29 is 14.7 Å². The molecular weight excluding hydrogens is 145 g/mol. The van der Waals surface area contributed by atoms with Gasteiger partial charge < -0.3 is 9.94 Å². The summed E-state index contributed by atoms with van der Waals surface area (Å²) in [7, 11) is 5.12. The zero-order chi connectivity index (χ0) is 8.27. The Kier molecular flexibility index (Phi) is 2.90. The van der Waals surface area contributed by atoms with Crippen LogP contribution in [0.5, 0.6) is 0 Å². The predicted molar refractivity (Wildman–Crippen MR) is 39.0 cm³/mol. The second kappa shape index (κ2) is 3.73. The van der Waals surface area contributed by atoms with E-state index in [2.05, 4.69) is 0 Å². The molecule has 1 aliphatic heterocycles. The molecule has 1 N–H and O–H groups in total. The van der Waals surface area contributed by atoms with Crippen LogP contribution in [0.25, 0.3) is 0 Å². The minimum atomic E-state index is -0.756. The van der Waals surface area contributed by atoms with Crippen LogP contribution < -0.4 is 0 Å². The summed E-state index contributed by atoms with van der Waals surface area (Å²) >= 11 is 0. The van der Waals surface area contributed by atoms with Gasteiger partial charge in [0.15, 0.2) is 0 Å². The number of nitrogens with zero attached hydrogens (tertiary/aromatic N) is 1. The summed E-state index contributed by atoms with van der Waals surface area (Å²) < 4.78 is 0. The molecule has 1 aliphatic rings. The Morgan fingerprint density at radius 2 is 2.55 bits per heavy atom. The van der Waals surface area contributed by atoms with Crippen LogP contribution in [-0.2, 0) is 9.63 Å². The minimum absolute atomic E-state index is 0.117. The highest BCUT2D eigenvalue weighted by Gasteiger charge is 2.27. The van der Waals surface area contributed by atoms with E-state index in [4.69, 9.17) is 17.8 Å². The lowest BCUT2D eigenvalue weighted by molar-refractivity contribution is -0.147. The molecule has 60 valence electrons. The van der Waals surface area contributed by atoms with Gasteiger partial charge in [-0.25, -0.2) is 0 Å². The molecule has 1 atom stereocenters. The number of aliphatic carboxylic acids is 1. The molecule has 2 radical (unpaired) electrons. The Hall–Kier alpha value is -0.545. The van der Waals surface area contributed by atoms with Gasteiger partial charge in [0, 0.05) is 19.6 Å². The average molecular weight is 155 g/mol. The van der Waals surface area contributed by atoms with Gasteiger partial charge in [-0.3, -0.25) is 4.79 Å². The Morgan fingerprint density at radius 3 is 3.00 bits per heavy atom. The molecule has 1 heterocycles. The van der Waals surface area contributed by atoms with Gasteiger partial charge in [-0.15, -0.1) is 0 Å². The largest absolute Gasteiger partial charge is 0.481 e. The highest BCUT2D eigenvalue weighted by molar-refractivity contribution is 6.08. The normalized spacial score (nSPS) is 25.6. The molecule has 5 heteroatoms. The summed E-state index contributed by atoms with van der Waals surface area (Å²) in [6, 6.07) is 0. The van der Waals surface area contributed by atoms with Gasteiger partial charge in [0.1, 0.15) is 7.85 Å². The van der Waals surface area contributed by atoms with Gasteiger partial charge in [-0.1, -0.05) is 0 Å². The van der Waals surface area contributed by atoms with E-state index in [9.17, 15) is 4.79 Å². The first-order valence-corrected chi connectivity index (χ1v) is 3.54. The van der Waals surface area contributed by atoms with E-state index in [-0.39, 0.29) is 12.4 Å². The fourth-order valence-electron chi connectivity index (χ4n) is 1.15. The second-order valence-electron chi connectivity index (χ2n) is 2.51. The number of carboxylic acids is 1. The van der Waals surface area contributed by atoms with Crippen LogP contribution in [0.4, 0.5) is 0 Å². The summed E-state index contributed by atoms with van der Waals surface area (Å²) in [6.45, 7) is 1.23. The second-order valence-corrected chi connectivity index (χ2v) is 2.51. The molecule has 1 saturated heterocycles. The quantitative estimate of drug-likeness (QED) is 0.555. The smallest absolute Gasteiger partial charge is 0.307 e. The van der Waals surface area contributed by atoms with Crippen molar-refractivity contribution >= 4 is 13.8 Å². The van der Waals surface area contributed by atoms with Crippen LogP contribution in [0.15, 0.2) is 0 Å². The molecule has 1 fully saturated rings. The van der Waals surface area contributed by atoms with E-state index < -0.39 is 5.97 Å². The van der Waals surface area contributed by atoms with E-state index in [1.54, 1.807) is 5.06 Å². The molecule has 0 amide bonds. The van der Waals surface area contributed by atoms with E-state index in [1.807, 2.05) is 0 Å². The summed E-state index contributed by atoms with van der Waals surface area (Å²) in [5.41, 5.74) is 0. The third-order valence-corrected chi connectivity index (χ3v) is 1.76. The van der Waals surface area contributed by atoms with E-state index >= 15 is 0 Å². The first-order valence-electron chi connectivity index (χ1n) is 3.54. The number of hydrogen-bond donors (Lipinski definition) is 1. The lowest BCUT2D eigenvalue weighted by atomic mass is 10.1. The summed E-state index contributed by atoms with van der Waals surface area (Å²) in [5, 5.41) is 10.2. The maximum absolute atomic E-state index is 10.4. The summed E-state index contributed by atoms with van der Waals surface area (Å²) in [6.07, 6.45) is 0.648. The van der Waals surface area contributed by atoms with Gasteiger partial charge in [0.05, 0.1) is 5.92 Å². The highest BCUT2D eigenvalue weighted by Crippen LogP contribution is 2.15. The molecule has 0 aliphatic carbocycles. The fraction of sp³-hybridized carbons (Fsp3) is 0.833. The van der Waals surface area contributed by atoms with Crippen molar-refractivity contribution in [3.8, 4) is 0 Å². The zero-order valence-corrected chi connectivity index (χ0v) is 6.19. The van der Waals surface area contributed by atoms with Crippen molar-refractivity contribution in [3.05, 3.63) is 0 Å². The molecule has 11 heavy (non-hydrogen) atoms. The van der Waals surface area contributed by atoms with Gasteiger partial charge in [-0.05, 0) is 6.42 Å². The van der Waals surface area contributed by atoms with Gasteiger partial charge in [-0.2, -0.15) is 5.06 Å². The molecule has 0 saturated carbocycles. The number of rotatable bonds is 3. The third kappa shape index (κ3) is 2.20. The average Bonchev–Trinajstić information content (AvgIpc) is 2.37. The Balaban J connectivity index is 2.29. The lowest BCUT2D eigenvalue weighted by Gasteiger charge is -2.13. The monoisotopic (exact) mass is 155 g/mol. The summed E-state index contributed by atoms with van der Waals surface area (Å²) in [4.78, 5) is 15.4. The van der Waals surface area contributed by atoms with Crippen LogP contribution in [0.3, 0.4) is 0 Å². The SMILES string of the molecule is [B]CON1CC[C@H](C(=O)O)C1. The maximum Gasteiger partial charge on any atom is 0.307 e. The van der Waals surface area contributed by atoms with Crippen LogP contribution in [-0.4, -0.2) is 43.6 Å². The Morgan fingerprint density at radius 1 is 1.82 bits per heavy atom. The van der Waals surface area contributed by atoms with E-state index in [0.717, 1.165) is 0 Å². The zero-order valence-electron chi connectivity index (χ0n) is 6.19. The molecule has 0 unspecified atom stereocenters. The van der Waals surface area contributed by atoms with Crippen molar-refractivity contribution in [3.63, 3.8) is 0 Å². The number of hydroxylamine groups is 2. The third-order valence-electron chi connectivity index (χ3n) is 1.76. The molecular formula is C6H10BNO3. The van der Waals surface area contributed by atoms with Gasteiger partial charge in [0.25, 0.3) is 0 Å². The maximum atomic E-state index is 10.4. The standard InChI is InChI=1S/C6H10BNO3/c7-4-11-8-2-1-5(3-8)6(9)10/h5H,1-4H2,(H,9,10)/t5-/m0/s1. The first kappa shape index (κ1) is 8.55. The molecule has 0 spiro atoms. The topological polar surface area (TPSA) is 49.8 Å². The van der Waals surface area contributed by atoms with Crippen molar-refractivity contribution in [2.24, 2.45) is 5.92 Å².